The molecule has 0 spiro atoms. The largest absolute Gasteiger partial charge is 0.304 e. The molecule has 8 heteroatoms. The molecule has 1 aromatic heterocycles. The first-order valence-electron chi connectivity index (χ1n) is 7.16. The fourth-order valence-electron chi connectivity index (χ4n) is 2.17. The summed E-state index contributed by atoms with van der Waals surface area (Å²) in [6.45, 7) is 0.406. The molecule has 0 atom stereocenters. The highest BCUT2D eigenvalue weighted by Gasteiger charge is 2.13. The van der Waals surface area contributed by atoms with Crippen LogP contribution in [0.5, 0.6) is 0 Å². The van der Waals surface area contributed by atoms with E-state index in [0.717, 1.165) is 5.56 Å². The molecule has 0 aliphatic heterocycles. The number of aromatic nitrogens is 2. The molecule has 2 aromatic carbocycles. The molecule has 0 radical (unpaired) electrons. The highest BCUT2D eigenvalue weighted by atomic mass is 35.5. The summed E-state index contributed by atoms with van der Waals surface area (Å²) in [4.78, 5) is 12.2. The summed E-state index contributed by atoms with van der Waals surface area (Å²) in [7, 11) is 0. The average Bonchev–Trinajstić information content (AvgIpc) is 2.91. The van der Waals surface area contributed by atoms with E-state index >= 15 is 0 Å². The van der Waals surface area contributed by atoms with Gasteiger partial charge < -0.3 is 5.32 Å². The lowest BCUT2D eigenvalue weighted by atomic mass is 10.2. The Morgan fingerprint density at radius 3 is 2.44 bits per heavy atom. The molecule has 0 bridgehead atoms. The predicted octanol–water partition coefficient (Wildman–Crippen LogP) is 5.28. The van der Waals surface area contributed by atoms with Gasteiger partial charge in [-0.25, -0.2) is 4.39 Å². The van der Waals surface area contributed by atoms with Gasteiger partial charge in [0.25, 0.3) is 5.91 Å². The molecule has 3 rings (SSSR count). The molecule has 1 N–H and O–H groups in total. The summed E-state index contributed by atoms with van der Waals surface area (Å²) in [5.74, 6) is -0.627. The van der Waals surface area contributed by atoms with Crippen molar-refractivity contribution in [2.75, 3.05) is 5.32 Å². The van der Waals surface area contributed by atoms with E-state index in [9.17, 15) is 9.18 Å². The first-order valence-corrected chi connectivity index (χ1v) is 8.29. The third kappa shape index (κ3) is 4.31. The second-order valence-corrected chi connectivity index (χ2v) is 6.45. The zero-order chi connectivity index (χ0) is 18.0. The van der Waals surface area contributed by atoms with Gasteiger partial charge in [0.05, 0.1) is 16.6 Å². The Balaban J connectivity index is 1.74. The quantitative estimate of drug-likeness (QED) is 0.649. The molecular weight excluding hydrogens is 388 g/mol. The first-order chi connectivity index (χ1) is 11.9. The Morgan fingerprint density at radius 1 is 1.04 bits per heavy atom. The van der Waals surface area contributed by atoms with Gasteiger partial charge in [-0.2, -0.15) is 5.10 Å². The van der Waals surface area contributed by atoms with Crippen molar-refractivity contribution in [1.29, 1.82) is 0 Å². The van der Waals surface area contributed by atoms with Gasteiger partial charge in [-0.05, 0) is 42.0 Å². The van der Waals surface area contributed by atoms with Crippen LogP contribution in [0.15, 0.2) is 48.7 Å². The zero-order valence-corrected chi connectivity index (χ0v) is 14.9. The molecule has 128 valence electrons. The topological polar surface area (TPSA) is 46.9 Å². The van der Waals surface area contributed by atoms with Crippen LogP contribution in [0.3, 0.4) is 0 Å². The van der Waals surface area contributed by atoms with Gasteiger partial charge in [-0.1, -0.05) is 40.9 Å². The fraction of sp³-hybridized carbons (Fsp3) is 0.0588. The Labute approximate surface area is 158 Å². The maximum Gasteiger partial charge on any atom is 0.256 e. The molecule has 25 heavy (non-hydrogen) atoms. The summed E-state index contributed by atoms with van der Waals surface area (Å²) in [5, 5.41) is 8.05. The lowest BCUT2D eigenvalue weighted by molar-refractivity contribution is 0.102. The van der Waals surface area contributed by atoms with Crippen LogP contribution in [0.2, 0.25) is 15.1 Å². The highest BCUT2D eigenvalue weighted by Crippen LogP contribution is 2.24. The molecule has 1 amide bonds. The van der Waals surface area contributed by atoms with Crippen LogP contribution in [0.1, 0.15) is 15.9 Å². The van der Waals surface area contributed by atoms with Gasteiger partial charge >= 0.3 is 0 Å². The van der Waals surface area contributed by atoms with Crippen molar-refractivity contribution in [3.8, 4) is 0 Å². The number of benzene rings is 2. The minimum absolute atomic E-state index is 0.219. The number of rotatable bonds is 4. The van der Waals surface area contributed by atoms with E-state index in [0.29, 0.717) is 22.2 Å². The van der Waals surface area contributed by atoms with Gasteiger partial charge in [0, 0.05) is 11.8 Å². The van der Waals surface area contributed by atoms with E-state index < -0.39 is 11.7 Å². The van der Waals surface area contributed by atoms with Crippen LogP contribution in [0.25, 0.3) is 0 Å². The van der Waals surface area contributed by atoms with E-state index in [1.165, 1.54) is 24.3 Å². The third-order valence-corrected chi connectivity index (χ3v) is 4.40. The molecule has 0 saturated carbocycles. The number of nitrogens with zero attached hydrogens (tertiary/aromatic N) is 2. The number of halogens is 4. The lowest BCUT2D eigenvalue weighted by Crippen LogP contribution is -2.13. The number of nitrogens with one attached hydrogen (secondary N) is 1. The molecule has 4 nitrogen and oxygen atoms in total. The Kier molecular flexibility index (Phi) is 5.27. The van der Waals surface area contributed by atoms with Crippen LogP contribution in [0, 0.1) is 5.82 Å². The van der Waals surface area contributed by atoms with Crippen molar-refractivity contribution in [2.45, 2.75) is 6.54 Å². The second-order valence-electron chi connectivity index (χ2n) is 5.23. The van der Waals surface area contributed by atoms with Gasteiger partial charge in [0.15, 0.2) is 5.82 Å². The third-order valence-electron chi connectivity index (χ3n) is 3.38. The molecule has 0 aliphatic carbocycles. The number of hydrogen-bond acceptors (Lipinski definition) is 2. The second kappa shape index (κ2) is 7.44. The number of anilines is 1. The van der Waals surface area contributed by atoms with E-state index in [4.69, 9.17) is 34.8 Å². The molecule has 0 unspecified atom stereocenters. The van der Waals surface area contributed by atoms with E-state index in [2.05, 4.69) is 10.4 Å². The molecule has 0 fully saturated rings. The number of amides is 1. The minimum Gasteiger partial charge on any atom is -0.304 e. The van der Waals surface area contributed by atoms with Crippen LogP contribution in [0.4, 0.5) is 10.2 Å². The number of hydrogen-bond donors (Lipinski definition) is 1. The maximum absolute atomic E-state index is 12.9. The Bertz CT molecular complexity index is 925. The molecule has 0 saturated heterocycles. The van der Waals surface area contributed by atoms with E-state index in [1.54, 1.807) is 23.0 Å². The SMILES string of the molecule is O=C(Nc1nn(Cc2ccc(Cl)c(Cl)c2)cc1Cl)c1ccc(F)cc1. The Hall–Kier alpha value is -2.08. The van der Waals surface area contributed by atoms with Crippen LogP contribution < -0.4 is 5.32 Å². The molecule has 0 aliphatic rings. The van der Waals surface area contributed by atoms with Gasteiger partial charge in [-0.3, -0.25) is 9.48 Å². The van der Waals surface area contributed by atoms with Crippen LogP contribution >= 0.6 is 34.8 Å². The van der Waals surface area contributed by atoms with Crippen LogP contribution in [-0.2, 0) is 6.54 Å². The molecule has 3 aromatic rings. The predicted molar refractivity (Wildman–Crippen MR) is 97.2 cm³/mol. The van der Waals surface area contributed by atoms with Crippen molar-refractivity contribution < 1.29 is 9.18 Å². The number of carbonyl (C=O) groups excluding carboxylic acids is 1. The summed E-state index contributed by atoms with van der Waals surface area (Å²) in [6.07, 6.45) is 1.59. The van der Waals surface area contributed by atoms with Crippen molar-refractivity contribution in [2.24, 2.45) is 0 Å². The van der Waals surface area contributed by atoms with Crippen molar-refractivity contribution in [3.63, 3.8) is 0 Å². The normalized spacial score (nSPS) is 10.7. The summed E-state index contributed by atoms with van der Waals surface area (Å²) in [5.41, 5.74) is 1.18. The highest BCUT2D eigenvalue weighted by molar-refractivity contribution is 6.42. The first kappa shape index (κ1) is 17.7. The van der Waals surface area contributed by atoms with Gasteiger partial charge in [-0.15, -0.1) is 0 Å². The van der Waals surface area contributed by atoms with Crippen molar-refractivity contribution >= 4 is 46.5 Å². The monoisotopic (exact) mass is 397 g/mol. The van der Waals surface area contributed by atoms with Crippen LogP contribution in [-0.4, -0.2) is 15.7 Å². The van der Waals surface area contributed by atoms with Crippen molar-refractivity contribution in [1.82, 2.24) is 9.78 Å². The summed E-state index contributed by atoms with van der Waals surface area (Å²) < 4.78 is 14.5. The molecule has 1 heterocycles. The van der Waals surface area contributed by atoms with E-state index in [1.807, 2.05) is 6.07 Å². The van der Waals surface area contributed by atoms with Gasteiger partial charge in [0.1, 0.15) is 10.8 Å². The lowest BCUT2D eigenvalue weighted by Gasteiger charge is -2.04. The number of carbonyl (C=O) groups is 1. The standard InChI is InChI=1S/C17H11Cl3FN3O/c18-13-6-1-10(7-14(13)19)8-24-9-15(20)16(23-24)22-17(25)11-2-4-12(21)5-3-11/h1-7,9H,8H2,(H,22,23,25). The minimum atomic E-state index is -0.429. The Morgan fingerprint density at radius 2 is 1.76 bits per heavy atom. The average molecular weight is 399 g/mol. The smallest absolute Gasteiger partial charge is 0.256 e. The zero-order valence-electron chi connectivity index (χ0n) is 12.6. The van der Waals surface area contributed by atoms with E-state index in [-0.39, 0.29) is 10.8 Å². The van der Waals surface area contributed by atoms with Crippen molar-refractivity contribution in [3.05, 3.63) is 80.7 Å². The maximum atomic E-state index is 12.9. The summed E-state index contributed by atoms with van der Waals surface area (Å²) in [6, 6.07) is 10.4. The summed E-state index contributed by atoms with van der Waals surface area (Å²) >= 11 is 18.0. The van der Waals surface area contributed by atoms with Gasteiger partial charge in [0.2, 0.25) is 0 Å². The fourth-order valence-corrected chi connectivity index (χ4v) is 2.69. The molecular formula is C17H11Cl3FN3O.